The zero-order valence-electron chi connectivity index (χ0n) is 14.0. The first-order chi connectivity index (χ1) is 12.0. The highest BCUT2D eigenvalue weighted by atomic mass is 32.2. The van der Waals surface area contributed by atoms with Gasteiger partial charge in [0.1, 0.15) is 0 Å². The van der Waals surface area contributed by atoms with Crippen molar-refractivity contribution in [2.75, 3.05) is 17.1 Å². The van der Waals surface area contributed by atoms with Crippen LogP contribution in [0.25, 0.3) is 0 Å². The standard InChI is InChI=1S/C18H21N3O3S/c1-19-18(22)20-15-7-9-16(10-8-15)21-25(23,24)17-11-6-13-4-2-3-5-14(13)12-17/h6-12,21H,2-5H2,1H3,(H2,19,20,22). The van der Waals surface area contributed by atoms with Crippen LogP contribution < -0.4 is 15.4 Å². The Kier molecular flexibility index (Phi) is 4.94. The van der Waals surface area contributed by atoms with E-state index in [-0.39, 0.29) is 10.9 Å². The van der Waals surface area contributed by atoms with Crippen molar-refractivity contribution in [2.45, 2.75) is 30.6 Å². The van der Waals surface area contributed by atoms with Crippen LogP contribution in [-0.2, 0) is 22.9 Å². The summed E-state index contributed by atoms with van der Waals surface area (Å²) >= 11 is 0. The fraction of sp³-hybridized carbons (Fsp3) is 0.278. The Morgan fingerprint density at radius 1 is 0.920 bits per heavy atom. The van der Waals surface area contributed by atoms with Gasteiger partial charge in [-0.2, -0.15) is 0 Å². The van der Waals surface area contributed by atoms with Crippen LogP contribution in [0.2, 0.25) is 0 Å². The Morgan fingerprint density at radius 2 is 1.56 bits per heavy atom. The zero-order valence-corrected chi connectivity index (χ0v) is 14.8. The van der Waals surface area contributed by atoms with Gasteiger partial charge in [-0.25, -0.2) is 13.2 Å². The van der Waals surface area contributed by atoms with Crippen molar-refractivity contribution in [3.05, 3.63) is 53.6 Å². The first-order valence-corrected chi connectivity index (χ1v) is 9.70. The third-order valence-electron chi connectivity index (χ3n) is 4.25. The highest BCUT2D eigenvalue weighted by molar-refractivity contribution is 7.92. The van der Waals surface area contributed by atoms with Gasteiger partial charge in [0, 0.05) is 18.4 Å². The van der Waals surface area contributed by atoms with Gasteiger partial charge in [0.25, 0.3) is 10.0 Å². The van der Waals surface area contributed by atoms with E-state index in [0.717, 1.165) is 31.2 Å². The minimum atomic E-state index is -3.64. The zero-order chi connectivity index (χ0) is 17.9. The lowest BCUT2D eigenvalue weighted by atomic mass is 9.92. The molecule has 3 rings (SSSR count). The number of hydrogen-bond acceptors (Lipinski definition) is 3. The predicted molar refractivity (Wildman–Crippen MR) is 98.4 cm³/mol. The Morgan fingerprint density at radius 3 is 2.24 bits per heavy atom. The van der Waals surface area contributed by atoms with Crippen molar-refractivity contribution in [3.63, 3.8) is 0 Å². The minimum absolute atomic E-state index is 0.278. The molecule has 0 heterocycles. The highest BCUT2D eigenvalue weighted by Crippen LogP contribution is 2.25. The number of carbonyl (C=O) groups excluding carboxylic acids is 1. The molecule has 0 saturated carbocycles. The molecule has 0 radical (unpaired) electrons. The van der Waals surface area contributed by atoms with E-state index in [0.29, 0.717) is 11.4 Å². The van der Waals surface area contributed by atoms with Crippen LogP contribution in [0.1, 0.15) is 24.0 Å². The van der Waals surface area contributed by atoms with Crippen molar-refractivity contribution < 1.29 is 13.2 Å². The second-order valence-electron chi connectivity index (χ2n) is 6.02. The predicted octanol–water partition coefficient (Wildman–Crippen LogP) is 3.12. The average Bonchev–Trinajstić information content (AvgIpc) is 2.62. The van der Waals surface area contributed by atoms with Crippen molar-refractivity contribution in [1.82, 2.24) is 5.32 Å². The lowest BCUT2D eigenvalue weighted by Crippen LogP contribution is -2.24. The highest BCUT2D eigenvalue weighted by Gasteiger charge is 2.17. The first kappa shape index (κ1) is 17.3. The molecule has 0 aromatic heterocycles. The van der Waals surface area contributed by atoms with E-state index in [9.17, 15) is 13.2 Å². The molecular weight excluding hydrogens is 338 g/mol. The molecule has 0 atom stereocenters. The Labute approximate surface area is 147 Å². The molecule has 132 valence electrons. The van der Waals surface area contributed by atoms with Gasteiger partial charge < -0.3 is 10.6 Å². The molecule has 0 saturated heterocycles. The van der Waals surface area contributed by atoms with Crippen LogP contribution in [0, 0.1) is 0 Å². The largest absolute Gasteiger partial charge is 0.341 e. The van der Waals surface area contributed by atoms with Crippen LogP contribution in [-0.4, -0.2) is 21.5 Å². The van der Waals surface area contributed by atoms with E-state index < -0.39 is 10.0 Å². The number of fused-ring (bicyclic) bond motifs is 1. The quantitative estimate of drug-likeness (QED) is 0.784. The summed E-state index contributed by atoms with van der Waals surface area (Å²) in [5.41, 5.74) is 3.39. The number of urea groups is 1. The lowest BCUT2D eigenvalue weighted by Gasteiger charge is -2.17. The number of hydrogen-bond donors (Lipinski definition) is 3. The molecule has 6 nitrogen and oxygen atoms in total. The Hall–Kier alpha value is -2.54. The topological polar surface area (TPSA) is 87.3 Å². The monoisotopic (exact) mass is 359 g/mol. The molecule has 0 bridgehead atoms. The van der Waals surface area contributed by atoms with Gasteiger partial charge in [-0.1, -0.05) is 6.07 Å². The maximum Gasteiger partial charge on any atom is 0.318 e. The van der Waals surface area contributed by atoms with Crippen molar-refractivity contribution in [2.24, 2.45) is 0 Å². The fourth-order valence-corrected chi connectivity index (χ4v) is 4.02. The normalized spacial score (nSPS) is 13.6. The number of carbonyl (C=O) groups is 1. The van der Waals surface area contributed by atoms with E-state index in [4.69, 9.17) is 0 Å². The SMILES string of the molecule is CNC(=O)Nc1ccc(NS(=O)(=O)c2ccc3c(c2)CCCC3)cc1. The second-order valence-corrected chi connectivity index (χ2v) is 7.71. The summed E-state index contributed by atoms with van der Waals surface area (Å²) < 4.78 is 27.8. The van der Waals surface area contributed by atoms with Crippen molar-refractivity contribution in [3.8, 4) is 0 Å². The Balaban J connectivity index is 1.76. The van der Waals surface area contributed by atoms with E-state index in [2.05, 4.69) is 15.4 Å². The minimum Gasteiger partial charge on any atom is -0.341 e. The lowest BCUT2D eigenvalue weighted by molar-refractivity contribution is 0.254. The molecule has 0 aliphatic heterocycles. The van der Waals surface area contributed by atoms with Crippen molar-refractivity contribution >= 4 is 27.4 Å². The molecular formula is C18H21N3O3S. The van der Waals surface area contributed by atoms with Crippen LogP contribution >= 0.6 is 0 Å². The summed E-state index contributed by atoms with van der Waals surface area (Å²) in [6, 6.07) is 11.5. The van der Waals surface area contributed by atoms with E-state index in [1.807, 2.05) is 6.07 Å². The number of rotatable bonds is 4. The summed E-state index contributed by atoms with van der Waals surface area (Å²) in [5.74, 6) is 0. The number of amides is 2. The van der Waals surface area contributed by atoms with E-state index in [1.165, 1.54) is 12.6 Å². The molecule has 3 N–H and O–H groups in total. The third kappa shape index (κ3) is 4.11. The summed E-state index contributed by atoms with van der Waals surface area (Å²) in [6.45, 7) is 0. The molecule has 0 unspecified atom stereocenters. The van der Waals surface area contributed by atoms with Crippen LogP contribution in [0.15, 0.2) is 47.4 Å². The average molecular weight is 359 g/mol. The smallest absolute Gasteiger partial charge is 0.318 e. The van der Waals surface area contributed by atoms with Crippen LogP contribution in [0.5, 0.6) is 0 Å². The molecule has 0 spiro atoms. The number of sulfonamides is 1. The second kappa shape index (κ2) is 7.14. The molecule has 0 fully saturated rings. The van der Waals surface area contributed by atoms with Gasteiger partial charge in [-0.3, -0.25) is 4.72 Å². The van der Waals surface area contributed by atoms with Gasteiger partial charge in [0.05, 0.1) is 4.90 Å². The maximum atomic E-state index is 12.6. The summed E-state index contributed by atoms with van der Waals surface area (Å²) in [5, 5.41) is 5.07. The molecule has 2 aromatic rings. The van der Waals surface area contributed by atoms with Crippen LogP contribution in [0.4, 0.5) is 16.2 Å². The first-order valence-electron chi connectivity index (χ1n) is 8.21. The maximum absolute atomic E-state index is 12.6. The van der Waals surface area contributed by atoms with Gasteiger partial charge in [0.15, 0.2) is 0 Å². The molecule has 25 heavy (non-hydrogen) atoms. The number of benzene rings is 2. The third-order valence-corrected chi connectivity index (χ3v) is 5.63. The summed E-state index contributed by atoms with van der Waals surface area (Å²) in [6.07, 6.45) is 4.21. The van der Waals surface area contributed by atoms with E-state index >= 15 is 0 Å². The summed E-state index contributed by atoms with van der Waals surface area (Å²) in [4.78, 5) is 11.5. The molecule has 2 amide bonds. The fourth-order valence-electron chi connectivity index (χ4n) is 2.91. The van der Waals surface area contributed by atoms with Gasteiger partial charge >= 0.3 is 6.03 Å². The van der Waals surface area contributed by atoms with Crippen molar-refractivity contribution in [1.29, 1.82) is 0 Å². The number of nitrogens with one attached hydrogen (secondary N) is 3. The van der Waals surface area contributed by atoms with Gasteiger partial charge in [-0.15, -0.1) is 0 Å². The Bertz CT molecular complexity index is 877. The molecule has 7 heteroatoms. The number of aryl methyl sites for hydroxylation is 2. The van der Waals surface area contributed by atoms with E-state index in [1.54, 1.807) is 36.4 Å². The molecule has 1 aliphatic rings. The summed E-state index contributed by atoms with van der Waals surface area (Å²) in [7, 11) is -2.11. The van der Waals surface area contributed by atoms with Crippen LogP contribution in [0.3, 0.4) is 0 Å². The van der Waals surface area contributed by atoms with Gasteiger partial charge in [-0.05, 0) is 73.2 Å². The molecule has 1 aliphatic carbocycles. The number of anilines is 2. The molecule has 2 aromatic carbocycles. The van der Waals surface area contributed by atoms with Gasteiger partial charge in [0.2, 0.25) is 0 Å².